The van der Waals surface area contributed by atoms with E-state index >= 15 is 0 Å². The highest BCUT2D eigenvalue weighted by atomic mass is 32.2. The van der Waals surface area contributed by atoms with Gasteiger partial charge in [0.05, 0.1) is 22.1 Å². The number of thiocarbonyl (C=S) groups is 1. The van der Waals surface area contributed by atoms with Gasteiger partial charge < -0.3 is 4.74 Å². The predicted molar refractivity (Wildman–Crippen MR) is 160 cm³/mol. The van der Waals surface area contributed by atoms with Gasteiger partial charge in [0.1, 0.15) is 10.0 Å². The lowest BCUT2D eigenvalue weighted by molar-refractivity contribution is -0.385. The Morgan fingerprint density at radius 2 is 1.95 bits per heavy atom. The Kier molecular flexibility index (Phi) is 9.53. The molecule has 1 aliphatic heterocycles. The molecule has 8 nitrogen and oxygen atoms in total. The first-order valence-corrected chi connectivity index (χ1v) is 14.4. The van der Waals surface area contributed by atoms with E-state index in [-0.39, 0.29) is 17.3 Å². The highest BCUT2D eigenvalue weighted by Gasteiger charge is 2.33. The molecule has 1 aromatic heterocycles. The van der Waals surface area contributed by atoms with Crippen molar-refractivity contribution in [3.05, 3.63) is 75.3 Å². The molecule has 1 saturated heterocycles. The fraction of sp³-hybridized carbons (Fsp3) is 0.345. The van der Waals surface area contributed by atoms with Gasteiger partial charge in [-0.25, -0.2) is 4.68 Å². The Morgan fingerprint density at radius 3 is 2.62 bits per heavy atom. The first-order chi connectivity index (χ1) is 18.9. The van der Waals surface area contributed by atoms with Crippen molar-refractivity contribution in [2.45, 2.75) is 46.5 Å². The Morgan fingerprint density at radius 1 is 1.18 bits per heavy atom. The fourth-order valence-electron chi connectivity index (χ4n) is 4.49. The summed E-state index contributed by atoms with van der Waals surface area (Å²) in [6.07, 6.45) is 7.91. The van der Waals surface area contributed by atoms with Gasteiger partial charge in [0.15, 0.2) is 5.75 Å². The Balaban J connectivity index is 1.74. The molecular formula is C29H32N4O4S2. The third kappa shape index (κ3) is 6.57. The van der Waals surface area contributed by atoms with Gasteiger partial charge in [0.2, 0.25) is 0 Å². The largest absolute Gasteiger partial charge is 0.487 e. The van der Waals surface area contributed by atoms with Crippen molar-refractivity contribution >= 4 is 46.0 Å². The van der Waals surface area contributed by atoms with Crippen LogP contribution in [-0.2, 0) is 4.79 Å². The van der Waals surface area contributed by atoms with E-state index in [1.54, 1.807) is 34.7 Å². The molecule has 0 radical (unpaired) electrons. The van der Waals surface area contributed by atoms with Crippen LogP contribution in [0.5, 0.6) is 5.75 Å². The van der Waals surface area contributed by atoms with Crippen LogP contribution in [0.2, 0.25) is 0 Å². The lowest BCUT2D eigenvalue weighted by Crippen LogP contribution is -2.33. The van der Waals surface area contributed by atoms with Crippen LogP contribution >= 0.6 is 24.0 Å². The maximum absolute atomic E-state index is 13.4. The molecular weight excluding hydrogens is 532 g/mol. The molecule has 0 saturated carbocycles. The van der Waals surface area contributed by atoms with Crippen molar-refractivity contribution in [1.29, 1.82) is 0 Å². The van der Waals surface area contributed by atoms with E-state index < -0.39 is 4.92 Å². The fourth-order valence-corrected chi connectivity index (χ4v) is 5.76. The Bertz CT molecular complexity index is 1390. The second-order valence-electron chi connectivity index (χ2n) is 9.29. The van der Waals surface area contributed by atoms with E-state index in [0.29, 0.717) is 45.1 Å². The molecule has 1 atom stereocenters. The summed E-state index contributed by atoms with van der Waals surface area (Å²) in [5, 5.41) is 16.6. The van der Waals surface area contributed by atoms with Crippen LogP contribution in [0, 0.1) is 16.0 Å². The number of benzene rings is 2. The summed E-state index contributed by atoms with van der Waals surface area (Å²) < 4.78 is 7.72. The Hall–Kier alpha value is -3.50. The SMILES string of the molecule is CCCC[C@@H](CC)CN1C(=O)/C(=C\c2cn(-c3ccccc3)nc2-c2ccc(OCC)c([N+](=O)[O-])c2)SC1=S. The molecule has 1 amide bonds. The number of carbonyl (C=O) groups is 1. The number of para-hydroxylation sites is 1. The number of unbranched alkanes of at least 4 members (excludes halogenated alkanes) is 1. The second kappa shape index (κ2) is 13.0. The maximum atomic E-state index is 13.4. The quantitative estimate of drug-likeness (QED) is 0.0989. The first kappa shape index (κ1) is 28.5. The normalized spacial score (nSPS) is 15.3. The minimum atomic E-state index is -0.462. The summed E-state index contributed by atoms with van der Waals surface area (Å²) in [5.74, 6) is 0.480. The standard InChI is InChI=1S/C29H32N4O4S2/c1-4-7-11-20(5-2)18-31-28(34)26(39-29(31)38)17-22-19-32(23-12-9-8-10-13-23)30-27(22)21-14-15-25(37-6-3)24(16-21)33(35)36/h8-10,12-17,19-20H,4-7,11,18H2,1-3H3/b26-17+/t20-/m1/s1. The average molecular weight is 565 g/mol. The molecule has 10 heteroatoms. The highest BCUT2D eigenvalue weighted by molar-refractivity contribution is 8.26. The molecule has 0 unspecified atom stereocenters. The number of aromatic nitrogens is 2. The van der Waals surface area contributed by atoms with Gasteiger partial charge in [-0.1, -0.05) is 75.3 Å². The number of ether oxygens (including phenoxy) is 1. The topological polar surface area (TPSA) is 90.5 Å². The number of rotatable bonds is 12. The Labute approximate surface area is 238 Å². The van der Waals surface area contributed by atoms with Crippen molar-refractivity contribution in [2.24, 2.45) is 5.92 Å². The summed E-state index contributed by atoms with van der Waals surface area (Å²) >= 11 is 6.88. The highest BCUT2D eigenvalue weighted by Crippen LogP contribution is 2.38. The number of amides is 1. The van der Waals surface area contributed by atoms with Gasteiger partial charge in [-0.05, 0) is 49.6 Å². The lowest BCUT2D eigenvalue weighted by Gasteiger charge is -2.21. The summed E-state index contributed by atoms with van der Waals surface area (Å²) in [6.45, 7) is 7.02. The van der Waals surface area contributed by atoms with Crippen LogP contribution in [-0.4, -0.2) is 43.0 Å². The molecule has 4 rings (SSSR count). The molecule has 0 aliphatic carbocycles. The molecule has 204 valence electrons. The van der Waals surface area contributed by atoms with Gasteiger partial charge in [-0.15, -0.1) is 0 Å². The number of hydrogen-bond donors (Lipinski definition) is 0. The zero-order valence-electron chi connectivity index (χ0n) is 22.3. The van der Waals surface area contributed by atoms with Crippen molar-refractivity contribution in [2.75, 3.05) is 13.2 Å². The molecule has 0 N–H and O–H groups in total. The van der Waals surface area contributed by atoms with E-state index in [1.807, 2.05) is 36.5 Å². The van der Waals surface area contributed by atoms with Gasteiger partial charge in [0.25, 0.3) is 5.91 Å². The number of nitrogens with zero attached hydrogens (tertiary/aromatic N) is 4. The van der Waals surface area contributed by atoms with Crippen molar-refractivity contribution < 1.29 is 14.5 Å². The predicted octanol–water partition coefficient (Wildman–Crippen LogP) is 7.26. The van der Waals surface area contributed by atoms with Crippen molar-refractivity contribution in [3.8, 4) is 22.7 Å². The first-order valence-electron chi connectivity index (χ1n) is 13.2. The number of carbonyl (C=O) groups excluding carboxylic acids is 1. The van der Waals surface area contributed by atoms with E-state index in [0.717, 1.165) is 31.4 Å². The molecule has 39 heavy (non-hydrogen) atoms. The van der Waals surface area contributed by atoms with Crippen LogP contribution in [0.3, 0.4) is 0 Å². The van der Waals surface area contributed by atoms with Gasteiger partial charge in [-0.2, -0.15) is 5.10 Å². The van der Waals surface area contributed by atoms with E-state index in [1.165, 1.54) is 17.8 Å². The zero-order chi connectivity index (χ0) is 27.9. The van der Waals surface area contributed by atoms with E-state index in [9.17, 15) is 14.9 Å². The van der Waals surface area contributed by atoms with E-state index in [4.69, 9.17) is 22.1 Å². The molecule has 0 bridgehead atoms. The van der Waals surface area contributed by atoms with E-state index in [2.05, 4.69) is 13.8 Å². The molecule has 3 aromatic rings. The smallest absolute Gasteiger partial charge is 0.311 e. The molecule has 2 heterocycles. The molecule has 2 aromatic carbocycles. The maximum Gasteiger partial charge on any atom is 0.311 e. The van der Waals surface area contributed by atoms with Crippen molar-refractivity contribution in [3.63, 3.8) is 0 Å². The zero-order valence-corrected chi connectivity index (χ0v) is 24.0. The third-order valence-electron chi connectivity index (χ3n) is 6.64. The van der Waals surface area contributed by atoms with Gasteiger partial charge >= 0.3 is 5.69 Å². The summed E-state index contributed by atoms with van der Waals surface area (Å²) in [4.78, 5) is 27.0. The molecule has 1 fully saturated rings. The molecule has 0 spiro atoms. The number of thioether (sulfide) groups is 1. The molecule has 1 aliphatic rings. The third-order valence-corrected chi connectivity index (χ3v) is 8.01. The lowest BCUT2D eigenvalue weighted by atomic mass is 9.99. The summed E-state index contributed by atoms with van der Waals surface area (Å²) in [7, 11) is 0. The van der Waals surface area contributed by atoms with Crippen LogP contribution in [0.25, 0.3) is 23.0 Å². The summed E-state index contributed by atoms with van der Waals surface area (Å²) in [6, 6.07) is 14.4. The number of hydrogen-bond acceptors (Lipinski definition) is 7. The van der Waals surface area contributed by atoms with Crippen LogP contribution in [0.1, 0.15) is 52.0 Å². The second-order valence-corrected chi connectivity index (χ2v) is 11.0. The average Bonchev–Trinajstić information content (AvgIpc) is 3.47. The van der Waals surface area contributed by atoms with Crippen LogP contribution < -0.4 is 4.74 Å². The minimum absolute atomic E-state index is 0.115. The number of nitro benzene ring substituents is 1. The van der Waals surface area contributed by atoms with Crippen LogP contribution in [0.4, 0.5) is 5.69 Å². The number of nitro groups is 1. The summed E-state index contributed by atoms with van der Waals surface area (Å²) in [5.41, 5.74) is 2.42. The van der Waals surface area contributed by atoms with Crippen LogP contribution in [0.15, 0.2) is 59.6 Å². The van der Waals surface area contributed by atoms with Gasteiger partial charge in [-0.3, -0.25) is 19.8 Å². The monoisotopic (exact) mass is 564 g/mol. The van der Waals surface area contributed by atoms with Crippen molar-refractivity contribution in [1.82, 2.24) is 14.7 Å². The minimum Gasteiger partial charge on any atom is -0.487 e. The van der Waals surface area contributed by atoms with Gasteiger partial charge in [0, 0.05) is 29.9 Å².